The summed E-state index contributed by atoms with van der Waals surface area (Å²) in [7, 11) is 0. The molecule has 130 valence electrons. The van der Waals surface area contributed by atoms with Crippen LogP contribution in [0.2, 0.25) is 0 Å². The van der Waals surface area contributed by atoms with Crippen LogP contribution >= 0.6 is 0 Å². The van der Waals surface area contributed by atoms with E-state index in [0.29, 0.717) is 6.54 Å². The maximum atomic E-state index is 9.93. The molecule has 0 amide bonds. The van der Waals surface area contributed by atoms with Gasteiger partial charge >= 0.3 is 0 Å². The lowest BCUT2D eigenvalue weighted by molar-refractivity contribution is -0.145. The number of aliphatic hydroxyl groups is 4. The molecule has 0 spiro atoms. The van der Waals surface area contributed by atoms with Crippen LogP contribution in [-0.4, -0.2) is 69.4 Å². The van der Waals surface area contributed by atoms with Crippen LogP contribution in [0, 0.1) is 0 Å². The second-order valence-electron chi connectivity index (χ2n) is 6.44. The molecule has 4 N–H and O–H groups in total. The van der Waals surface area contributed by atoms with Gasteiger partial charge in [0.25, 0.3) is 0 Å². The van der Waals surface area contributed by atoms with Gasteiger partial charge in [-0.1, -0.05) is 43.2 Å². The predicted molar refractivity (Wildman–Crippen MR) is 89.1 cm³/mol. The molecule has 5 heteroatoms. The fourth-order valence-electron chi connectivity index (χ4n) is 3.28. The normalized spacial score (nSPS) is 28.9. The summed E-state index contributed by atoms with van der Waals surface area (Å²) in [6, 6.07) is 9.95. The molecule has 1 fully saturated rings. The van der Waals surface area contributed by atoms with Gasteiger partial charge in [-0.15, -0.1) is 0 Å². The van der Waals surface area contributed by atoms with E-state index in [1.54, 1.807) is 0 Å². The van der Waals surface area contributed by atoms with Crippen molar-refractivity contribution in [2.45, 2.75) is 56.5 Å². The van der Waals surface area contributed by atoms with Crippen LogP contribution in [-0.2, 0) is 6.42 Å². The summed E-state index contributed by atoms with van der Waals surface area (Å²) in [5, 5.41) is 38.8. The average molecular weight is 323 g/mol. The van der Waals surface area contributed by atoms with E-state index < -0.39 is 24.4 Å². The Bertz CT molecular complexity index is 442. The number of nitrogens with zero attached hydrogens (tertiary/aromatic N) is 1. The number of likely N-dealkylation sites (tertiary alicyclic amines) is 1. The molecule has 0 bridgehead atoms. The van der Waals surface area contributed by atoms with E-state index in [1.165, 1.54) is 5.56 Å². The second-order valence-corrected chi connectivity index (χ2v) is 6.44. The second kappa shape index (κ2) is 9.35. The molecule has 4 atom stereocenters. The molecule has 0 unspecified atom stereocenters. The maximum absolute atomic E-state index is 9.93. The van der Waals surface area contributed by atoms with E-state index in [-0.39, 0.29) is 6.61 Å². The predicted octanol–water partition coefficient (Wildman–Crippen LogP) is 0.549. The summed E-state index contributed by atoms with van der Waals surface area (Å²) in [5.41, 5.74) is 1.36. The van der Waals surface area contributed by atoms with Crippen molar-refractivity contribution in [2.24, 2.45) is 0 Å². The quantitative estimate of drug-likeness (QED) is 0.525. The summed E-state index contributed by atoms with van der Waals surface area (Å²) in [6.45, 7) is 0.809. The van der Waals surface area contributed by atoms with Crippen LogP contribution in [0.3, 0.4) is 0 Å². The zero-order valence-electron chi connectivity index (χ0n) is 13.6. The van der Waals surface area contributed by atoms with Gasteiger partial charge in [-0.3, -0.25) is 4.90 Å². The molecule has 0 aliphatic carbocycles. The molecule has 1 aliphatic heterocycles. The Hall–Kier alpha value is -0.980. The molecule has 23 heavy (non-hydrogen) atoms. The number of benzene rings is 1. The molecule has 1 saturated heterocycles. The maximum Gasteiger partial charge on any atom is 0.109 e. The van der Waals surface area contributed by atoms with Gasteiger partial charge in [0.2, 0.25) is 0 Å². The monoisotopic (exact) mass is 323 g/mol. The van der Waals surface area contributed by atoms with Gasteiger partial charge in [0, 0.05) is 6.54 Å². The first kappa shape index (κ1) is 18.4. The third-order valence-electron chi connectivity index (χ3n) is 4.72. The number of β-amino-alcohol motifs (C(OH)–C–C–N with tert-alkyl or cyclic N) is 1. The third-order valence-corrected chi connectivity index (χ3v) is 4.72. The Morgan fingerprint density at radius 2 is 1.61 bits per heavy atom. The first-order valence-corrected chi connectivity index (χ1v) is 8.56. The minimum absolute atomic E-state index is 0.209. The number of piperidine rings is 1. The molecular formula is C18H29NO4. The van der Waals surface area contributed by atoms with Crippen LogP contribution in [0.25, 0.3) is 0 Å². The van der Waals surface area contributed by atoms with Crippen molar-refractivity contribution in [2.75, 3.05) is 19.7 Å². The van der Waals surface area contributed by atoms with E-state index in [9.17, 15) is 20.4 Å². The van der Waals surface area contributed by atoms with Crippen LogP contribution in [0.5, 0.6) is 0 Å². The van der Waals surface area contributed by atoms with Crippen molar-refractivity contribution in [1.82, 2.24) is 4.90 Å². The smallest absolute Gasteiger partial charge is 0.109 e. The molecule has 2 rings (SSSR count). The van der Waals surface area contributed by atoms with Gasteiger partial charge in [-0.25, -0.2) is 0 Å². The zero-order chi connectivity index (χ0) is 16.7. The van der Waals surface area contributed by atoms with Gasteiger partial charge < -0.3 is 20.4 Å². The van der Waals surface area contributed by atoms with Crippen LogP contribution < -0.4 is 0 Å². The fraction of sp³-hybridized carbons (Fsp3) is 0.667. The summed E-state index contributed by atoms with van der Waals surface area (Å²) in [5.74, 6) is 0. The van der Waals surface area contributed by atoms with E-state index >= 15 is 0 Å². The van der Waals surface area contributed by atoms with Crippen molar-refractivity contribution >= 4 is 0 Å². The van der Waals surface area contributed by atoms with Gasteiger partial charge in [0.05, 0.1) is 18.8 Å². The molecule has 1 aromatic rings. The molecule has 0 radical (unpaired) electrons. The number of hydrogen-bond acceptors (Lipinski definition) is 5. The van der Waals surface area contributed by atoms with Crippen molar-refractivity contribution in [3.63, 3.8) is 0 Å². The number of aliphatic hydroxyl groups excluding tert-OH is 4. The highest BCUT2D eigenvalue weighted by molar-refractivity contribution is 5.14. The topological polar surface area (TPSA) is 84.2 Å². The Labute approximate surface area is 138 Å². The first-order valence-electron chi connectivity index (χ1n) is 8.56. The summed E-state index contributed by atoms with van der Waals surface area (Å²) < 4.78 is 0. The lowest BCUT2D eigenvalue weighted by Gasteiger charge is -2.43. The van der Waals surface area contributed by atoms with Crippen molar-refractivity contribution in [3.05, 3.63) is 35.9 Å². The largest absolute Gasteiger partial charge is 0.395 e. The van der Waals surface area contributed by atoms with Crippen molar-refractivity contribution < 1.29 is 20.4 Å². The van der Waals surface area contributed by atoms with Crippen molar-refractivity contribution in [3.8, 4) is 0 Å². The number of hydrogen-bond donors (Lipinski definition) is 4. The van der Waals surface area contributed by atoms with Crippen molar-refractivity contribution in [1.29, 1.82) is 0 Å². The van der Waals surface area contributed by atoms with Crippen LogP contribution in [0.1, 0.15) is 31.2 Å². The Morgan fingerprint density at radius 3 is 2.30 bits per heavy atom. The summed E-state index contributed by atoms with van der Waals surface area (Å²) >= 11 is 0. The molecule has 1 heterocycles. The molecule has 1 aromatic carbocycles. The number of aryl methyl sites for hydroxylation is 1. The third kappa shape index (κ3) is 5.26. The van der Waals surface area contributed by atoms with Gasteiger partial charge in [-0.2, -0.15) is 0 Å². The molecule has 0 aromatic heterocycles. The highest BCUT2D eigenvalue weighted by Gasteiger charge is 2.40. The van der Waals surface area contributed by atoms with Crippen LogP contribution in [0.15, 0.2) is 30.3 Å². The van der Waals surface area contributed by atoms with Crippen LogP contribution in [0.4, 0.5) is 0 Å². The zero-order valence-corrected chi connectivity index (χ0v) is 13.6. The molecule has 0 saturated carbocycles. The van der Waals surface area contributed by atoms with Gasteiger partial charge in [0.15, 0.2) is 0 Å². The highest BCUT2D eigenvalue weighted by Crippen LogP contribution is 2.19. The minimum atomic E-state index is -1.17. The Morgan fingerprint density at radius 1 is 0.913 bits per heavy atom. The molecular weight excluding hydrogens is 294 g/mol. The van der Waals surface area contributed by atoms with Gasteiger partial charge in [0.1, 0.15) is 12.2 Å². The van der Waals surface area contributed by atoms with Gasteiger partial charge in [-0.05, 0) is 31.4 Å². The highest BCUT2D eigenvalue weighted by atomic mass is 16.4. The van der Waals surface area contributed by atoms with E-state index in [0.717, 1.165) is 38.6 Å². The average Bonchev–Trinajstić information content (AvgIpc) is 2.57. The molecule has 1 aliphatic rings. The van der Waals surface area contributed by atoms with E-state index in [1.807, 2.05) is 11.0 Å². The van der Waals surface area contributed by atoms with E-state index in [2.05, 4.69) is 24.3 Å². The standard InChI is InChI=1S/C18H29NO4/c20-13-15-17(22)18(23)16(21)12-19(15)11-7-2-1-4-8-14-9-5-3-6-10-14/h3,5-6,9-10,15-18,20-23H,1-2,4,7-8,11-13H2/t15-,16+,17-,18-/m1/s1. The lowest BCUT2D eigenvalue weighted by atomic mass is 9.94. The Balaban J connectivity index is 1.65. The SMILES string of the molecule is OC[C@@H]1[C@@H](O)[C@H](O)[C@@H](O)CN1CCCCCCc1ccccc1. The first-order chi connectivity index (χ1) is 11.1. The summed E-state index contributed by atoms with van der Waals surface area (Å²) in [6.07, 6.45) is 2.20. The minimum Gasteiger partial charge on any atom is -0.395 e. The van der Waals surface area contributed by atoms with E-state index in [4.69, 9.17) is 0 Å². The lowest BCUT2D eigenvalue weighted by Crippen LogP contribution is -2.62. The summed E-state index contributed by atoms with van der Waals surface area (Å²) in [4.78, 5) is 1.89. The molecule has 5 nitrogen and oxygen atoms in total. The number of unbranched alkanes of at least 4 members (excludes halogenated alkanes) is 3. The fourth-order valence-corrected chi connectivity index (χ4v) is 3.28. The number of rotatable bonds is 8. The Kier molecular flexibility index (Phi) is 7.46.